The Kier molecular flexibility index (Phi) is 3.28. The number of amides is 1. The summed E-state index contributed by atoms with van der Waals surface area (Å²) >= 11 is 1.50. The highest BCUT2D eigenvalue weighted by atomic mass is 32.1. The van der Waals surface area contributed by atoms with Gasteiger partial charge in [0.1, 0.15) is 17.3 Å². The molecule has 1 aliphatic rings. The Labute approximate surface area is 120 Å². The van der Waals surface area contributed by atoms with Crippen molar-refractivity contribution in [2.75, 3.05) is 5.32 Å². The number of rotatable bonds is 2. The lowest BCUT2D eigenvalue weighted by Crippen LogP contribution is -2.12. The van der Waals surface area contributed by atoms with Gasteiger partial charge in [-0.2, -0.15) is 5.26 Å². The summed E-state index contributed by atoms with van der Waals surface area (Å²) < 4.78 is 4.79. The molecule has 0 saturated carbocycles. The van der Waals surface area contributed by atoms with Gasteiger partial charge in [-0.1, -0.05) is 6.92 Å². The quantitative estimate of drug-likeness (QED) is 0.921. The third-order valence-corrected chi connectivity index (χ3v) is 4.69. The number of aromatic nitrogens is 1. The number of hydrogen-bond acceptors (Lipinski definition) is 5. The van der Waals surface area contributed by atoms with E-state index in [-0.39, 0.29) is 11.6 Å². The van der Waals surface area contributed by atoms with Crippen LogP contribution in [0.25, 0.3) is 0 Å². The van der Waals surface area contributed by atoms with E-state index < -0.39 is 0 Å². The summed E-state index contributed by atoms with van der Waals surface area (Å²) in [6.45, 7) is 2.21. The monoisotopic (exact) mass is 287 g/mol. The number of nitriles is 1. The SMILES string of the molecule is CC1CCc2c(sc(NC(=O)c3cocn3)c2C#N)C1. The van der Waals surface area contributed by atoms with Gasteiger partial charge in [0.25, 0.3) is 5.91 Å². The van der Waals surface area contributed by atoms with Crippen LogP contribution in [0.4, 0.5) is 5.00 Å². The van der Waals surface area contributed by atoms with Crippen LogP contribution in [-0.2, 0) is 12.8 Å². The molecule has 1 atom stereocenters. The summed E-state index contributed by atoms with van der Waals surface area (Å²) in [5.41, 5.74) is 1.92. The molecule has 2 aromatic rings. The summed E-state index contributed by atoms with van der Waals surface area (Å²) in [4.78, 5) is 17.0. The van der Waals surface area contributed by atoms with Gasteiger partial charge in [0.15, 0.2) is 12.1 Å². The smallest absolute Gasteiger partial charge is 0.278 e. The molecule has 6 heteroatoms. The first-order valence-corrected chi connectivity index (χ1v) is 7.25. The van der Waals surface area contributed by atoms with Crippen molar-refractivity contribution in [3.63, 3.8) is 0 Å². The number of oxazole rings is 1. The normalized spacial score (nSPS) is 17.3. The van der Waals surface area contributed by atoms with Gasteiger partial charge in [-0.25, -0.2) is 4.98 Å². The number of nitrogens with zero attached hydrogens (tertiary/aromatic N) is 2. The largest absolute Gasteiger partial charge is 0.451 e. The van der Waals surface area contributed by atoms with Crippen LogP contribution in [-0.4, -0.2) is 10.9 Å². The van der Waals surface area contributed by atoms with Crippen molar-refractivity contribution in [3.8, 4) is 6.07 Å². The van der Waals surface area contributed by atoms with Gasteiger partial charge < -0.3 is 9.73 Å². The fraction of sp³-hybridized carbons (Fsp3) is 0.357. The lowest BCUT2D eigenvalue weighted by atomic mass is 9.89. The molecule has 0 aliphatic heterocycles. The molecule has 3 rings (SSSR count). The first-order valence-electron chi connectivity index (χ1n) is 6.43. The number of fused-ring (bicyclic) bond motifs is 1. The molecule has 2 aromatic heterocycles. The fourth-order valence-corrected chi connectivity index (χ4v) is 3.81. The van der Waals surface area contributed by atoms with Gasteiger partial charge >= 0.3 is 0 Å². The molecule has 2 heterocycles. The van der Waals surface area contributed by atoms with Crippen LogP contribution in [0, 0.1) is 17.2 Å². The Morgan fingerprint density at radius 1 is 1.65 bits per heavy atom. The minimum Gasteiger partial charge on any atom is -0.451 e. The number of carbonyl (C=O) groups excluding carboxylic acids is 1. The lowest BCUT2D eigenvalue weighted by molar-refractivity contribution is 0.102. The molecule has 1 aliphatic carbocycles. The molecule has 0 bridgehead atoms. The number of nitrogens with one attached hydrogen (secondary N) is 1. The molecular formula is C14H13N3O2S. The van der Waals surface area contributed by atoms with Crippen LogP contribution in [0.2, 0.25) is 0 Å². The number of carbonyl (C=O) groups is 1. The zero-order valence-corrected chi connectivity index (χ0v) is 11.8. The van der Waals surface area contributed by atoms with E-state index in [2.05, 4.69) is 23.3 Å². The zero-order valence-electron chi connectivity index (χ0n) is 11.0. The second kappa shape index (κ2) is 5.10. The molecule has 1 amide bonds. The van der Waals surface area contributed by atoms with Crippen LogP contribution >= 0.6 is 11.3 Å². The maximum Gasteiger partial charge on any atom is 0.278 e. The lowest BCUT2D eigenvalue weighted by Gasteiger charge is -2.17. The minimum absolute atomic E-state index is 0.216. The molecule has 1 unspecified atom stereocenters. The van der Waals surface area contributed by atoms with Crippen molar-refractivity contribution >= 4 is 22.2 Å². The standard InChI is InChI=1S/C14H13N3O2S/c1-8-2-3-9-10(5-15)14(20-12(9)4-8)17-13(18)11-6-19-7-16-11/h6-8H,2-4H2,1H3,(H,17,18). The van der Waals surface area contributed by atoms with Crippen molar-refractivity contribution in [1.82, 2.24) is 4.98 Å². The van der Waals surface area contributed by atoms with Gasteiger partial charge in [0, 0.05) is 4.88 Å². The van der Waals surface area contributed by atoms with E-state index in [1.165, 1.54) is 28.9 Å². The van der Waals surface area contributed by atoms with Crippen LogP contribution in [0.15, 0.2) is 17.1 Å². The highest BCUT2D eigenvalue weighted by Crippen LogP contribution is 2.39. The van der Waals surface area contributed by atoms with Gasteiger partial charge in [-0.05, 0) is 30.7 Å². The highest BCUT2D eigenvalue weighted by molar-refractivity contribution is 7.16. The van der Waals surface area contributed by atoms with Crippen molar-refractivity contribution < 1.29 is 9.21 Å². The maximum atomic E-state index is 12.0. The van der Waals surface area contributed by atoms with Crippen LogP contribution < -0.4 is 5.32 Å². The predicted octanol–water partition coefficient (Wildman–Crippen LogP) is 2.98. The average molecular weight is 287 g/mol. The molecule has 0 saturated heterocycles. The Hall–Kier alpha value is -2.13. The number of hydrogen-bond donors (Lipinski definition) is 1. The summed E-state index contributed by atoms with van der Waals surface area (Å²) in [5, 5.41) is 12.7. The molecule has 0 fully saturated rings. The minimum atomic E-state index is -0.345. The van der Waals surface area contributed by atoms with Crippen molar-refractivity contribution in [2.45, 2.75) is 26.2 Å². The molecule has 1 N–H and O–H groups in total. The third kappa shape index (κ3) is 2.21. The third-order valence-electron chi connectivity index (χ3n) is 3.52. The maximum absolute atomic E-state index is 12.0. The molecule has 0 aromatic carbocycles. The summed E-state index contributed by atoms with van der Waals surface area (Å²) in [5.74, 6) is 0.286. The molecular weight excluding hydrogens is 274 g/mol. The van der Waals surface area contributed by atoms with E-state index in [1.807, 2.05) is 0 Å². The summed E-state index contributed by atoms with van der Waals surface area (Å²) in [7, 11) is 0. The van der Waals surface area contributed by atoms with Gasteiger partial charge in [0.05, 0.1) is 5.56 Å². The van der Waals surface area contributed by atoms with E-state index in [1.54, 1.807) is 0 Å². The Morgan fingerprint density at radius 3 is 3.20 bits per heavy atom. The fourth-order valence-electron chi connectivity index (χ4n) is 2.45. The zero-order chi connectivity index (χ0) is 14.1. The molecule has 0 spiro atoms. The molecule has 5 nitrogen and oxygen atoms in total. The Balaban J connectivity index is 1.91. The Morgan fingerprint density at radius 2 is 2.50 bits per heavy atom. The summed E-state index contributed by atoms with van der Waals surface area (Å²) in [6.07, 6.45) is 5.48. The topological polar surface area (TPSA) is 78.9 Å². The van der Waals surface area contributed by atoms with Gasteiger partial charge in [0.2, 0.25) is 0 Å². The van der Waals surface area contributed by atoms with Gasteiger partial charge in [-0.15, -0.1) is 11.3 Å². The highest BCUT2D eigenvalue weighted by Gasteiger charge is 2.25. The van der Waals surface area contributed by atoms with Crippen molar-refractivity contribution in [3.05, 3.63) is 34.4 Å². The van der Waals surface area contributed by atoms with E-state index >= 15 is 0 Å². The second-order valence-corrected chi connectivity index (χ2v) is 6.10. The average Bonchev–Trinajstić information content (AvgIpc) is 3.04. The van der Waals surface area contributed by atoms with Gasteiger partial charge in [-0.3, -0.25) is 4.79 Å². The number of anilines is 1. The van der Waals surface area contributed by atoms with E-state index in [9.17, 15) is 10.1 Å². The van der Waals surface area contributed by atoms with Crippen molar-refractivity contribution in [1.29, 1.82) is 5.26 Å². The second-order valence-electron chi connectivity index (χ2n) is 5.00. The predicted molar refractivity (Wildman–Crippen MR) is 74.7 cm³/mol. The Bertz CT molecular complexity index is 682. The van der Waals surface area contributed by atoms with E-state index in [0.29, 0.717) is 16.5 Å². The first kappa shape index (κ1) is 12.9. The first-order chi connectivity index (χ1) is 9.69. The molecule has 0 radical (unpaired) electrons. The van der Waals surface area contributed by atoms with Crippen LogP contribution in [0.3, 0.4) is 0 Å². The van der Waals surface area contributed by atoms with E-state index in [0.717, 1.165) is 24.8 Å². The molecule has 20 heavy (non-hydrogen) atoms. The van der Waals surface area contributed by atoms with E-state index in [4.69, 9.17) is 4.42 Å². The molecule has 102 valence electrons. The number of thiophene rings is 1. The van der Waals surface area contributed by atoms with Crippen LogP contribution in [0.1, 0.15) is 39.8 Å². The van der Waals surface area contributed by atoms with Crippen molar-refractivity contribution in [2.24, 2.45) is 5.92 Å². The summed E-state index contributed by atoms with van der Waals surface area (Å²) in [6, 6.07) is 2.22. The van der Waals surface area contributed by atoms with Crippen LogP contribution in [0.5, 0.6) is 0 Å².